The summed E-state index contributed by atoms with van der Waals surface area (Å²) in [6.07, 6.45) is 3.39. The van der Waals surface area contributed by atoms with Crippen LogP contribution in [0, 0.1) is 0 Å². The molecule has 1 unspecified atom stereocenters. The summed E-state index contributed by atoms with van der Waals surface area (Å²) in [7, 11) is 1.93. The number of hydrogen-bond acceptors (Lipinski definition) is 2. The van der Waals surface area contributed by atoms with E-state index < -0.39 is 0 Å². The second-order valence-electron chi connectivity index (χ2n) is 3.27. The van der Waals surface area contributed by atoms with Gasteiger partial charge in [0, 0.05) is 19.1 Å². The van der Waals surface area contributed by atoms with Crippen LogP contribution in [0.2, 0.25) is 0 Å². The molecule has 4 nitrogen and oxygen atoms in total. The minimum absolute atomic E-state index is 0.294. The quantitative estimate of drug-likeness (QED) is 0.589. The van der Waals surface area contributed by atoms with Gasteiger partial charge in [-0.15, -0.1) is 0 Å². The molecule has 1 heterocycles. The molecule has 1 fully saturated rings. The lowest BCUT2D eigenvalue weighted by Gasteiger charge is -2.21. The smallest absolute Gasteiger partial charge is 0.314 e. The Morgan fingerprint density at radius 2 is 2.33 bits per heavy atom. The summed E-state index contributed by atoms with van der Waals surface area (Å²) in [5, 5.41) is 3.18. The van der Waals surface area contributed by atoms with Crippen LogP contribution in [0.25, 0.3) is 0 Å². The van der Waals surface area contributed by atoms with Crippen molar-refractivity contribution in [1.82, 2.24) is 10.2 Å². The first-order valence-electron chi connectivity index (χ1n) is 4.45. The summed E-state index contributed by atoms with van der Waals surface area (Å²) in [5.41, 5.74) is 5.21. The maximum atomic E-state index is 10.9. The Balaban J connectivity index is 2.47. The Morgan fingerprint density at radius 3 is 2.92 bits per heavy atom. The van der Waals surface area contributed by atoms with E-state index in [0.717, 1.165) is 25.9 Å². The zero-order valence-electron chi connectivity index (χ0n) is 7.55. The number of carbonyl (C=O) groups is 1. The van der Waals surface area contributed by atoms with Crippen LogP contribution in [0.1, 0.15) is 19.3 Å². The first-order valence-corrected chi connectivity index (χ1v) is 4.45. The highest BCUT2D eigenvalue weighted by atomic mass is 16.2. The lowest BCUT2D eigenvalue weighted by molar-refractivity contribution is 0.205. The molecule has 1 aliphatic heterocycles. The van der Waals surface area contributed by atoms with Gasteiger partial charge in [-0.05, 0) is 19.9 Å². The van der Waals surface area contributed by atoms with E-state index in [9.17, 15) is 4.79 Å². The number of carbonyl (C=O) groups excluding carboxylic acids is 1. The van der Waals surface area contributed by atoms with Crippen molar-refractivity contribution in [2.75, 3.05) is 20.1 Å². The Kier molecular flexibility index (Phi) is 3.34. The maximum absolute atomic E-state index is 10.9. The van der Waals surface area contributed by atoms with Crippen LogP contribution in [0.4, 0.5) is 4.79 Å². The molecule has 1 saturated heterocycles. The van der Waals surface area contributed by atoms with Crippen molar-refractivity contribution in [1.29, 1.82) is 0 Å². The fourth-order valence-corrected chi connectivity index (χ4v) is 1.58. The molecule has 0 saturated carbocycles. The summed E-state index contributed by atoms with van der Waals surface area (Å²) < 4.78 is 0. The Bertz CT molecular complexity index is 160. The van der Waals surface area contributed by atoms with Gasteiger partial charge in [0.15, 0.2) is 0 Å². The minimum Gasteiger partial charge on any atom is -0.351 e. The van der Waals surface area contributed by atoms with Gasteiger partial charge in [0.25, 0.3) is 0 Å². The van der Waals surface area contributed by atoms with Gasteiger partial charge in [-0.1, -0.05) is 6.42 Å². The lowest BCUT2D eigenvalue weighted by Crippen LogP contribution is -2.43. The standard InChI is InChI=1S/C8H17N3O/c1-10-7-4-2-3-5-11(6-7)8(9)12/h7,10H,2-6H2,1H3,(H2,9,12). The first-order chi connectivity index (χ1) is 5.74. The molecule has 0 bridgehead atoms. The number of hydrogen-bond donors (Lipinski definition) is 2. The second kappa shape index (κ2) is 4.30. The number of amides is 2. The molecule has 0 aromatic carbocycles. The third-order valence-electron chi connectivity index (χ3n) is 2.39. The van der Waals surface area contributed by atoms with Gasteiger partial charge in [0.1, 0.15) is 0 Å². The number of urea groups is 1. The first kappa shape index (κ1) is 9.32. The fourth-order valence-electron chi connectivity index (χ4n) is 1.58. The van der Waals surface area contributed by atoms with E-state index in [1.807, 2.05) is 7.05 Å². The van der Waals surface area contributed by atoms with E-state index in [-0.39, 0.29) is 6.03 Å². The largest absolute Gasteiger partial charge is 0.351 e. The minimum atomic E-state index is -0.294. The van der Waals surface area contributed by atoms with Gasteiger partial charge in [-0.3, -0.25) is 0 Å². The predicted molar refractivity (Wildman–Crippen MR) is 47.9 cm³/mol. The molecule has 1 atom stereocenters. The molecule has 0 spiro atoms. The summed E-state index contributed by atoms with van der Waals surface area (Å²) in [6, 6.07) is 0.122. The van der Waals surface area contributed by atoms with E-state index >= 15 is 0 Å². The van der Waals surface area contributed by atoms with Crippen LogP contribution in [-0.4, -0.2) is 37.1 Å². The topological polar surface area (TPSA) is 58.4 Å². The SMILES string of the molecule is CNC1CCCCN(C(N)=O)C1. The van der Waals surface area contributed by atoms with Crippen molar-refractivity contribution in [3.05, 3.63) is 0 Å². The molecule has 2 amide bonds. The monoisotopic (exact) mass is 171 g/mol. The fraction of sp³-hybridized carbons (Fsp3) is 0.875. The number of rotatable bonds is 1. The average molecular weight is 171 g/mol. The molecule has 1 rings (SSSR count). The van der Waals surface area contributed by atoms with E-state index in [0.29, 0.717) is 6.04 Å². The van der Waals surface area contributed by atoms with Gasteiger partial charge in [-0.25, -0.2) is 4.79 Å². The summed E-state index contributed by atoms with van der Waals surface area (Å²) in [4.78, 5) is 12.6. The lowest BCUT2D eigenvalue weighted by atomic mass is 10.1. The van der Waals surface area contributed by atoms with E-state index in [2.05, 4.69) is 5.32 Å². The molecule has 3 N–H and O–H groups in total. The molecule has 4 heteroatoms. The van der Waals surface area contributed by atoms with Gasteiger partial charge in [0.05, 0.1) is 0 Å². The normalized spacial score (nSPS) is 25.1. The van der Waals surface area contributed by atoms with E-state index in [4.69, 9.17) is 5.73 Å². The van der Waals surface area contributed by atoms with Crippen molar-refractivity contribution >= 4 is 6.03 Å². The third kappa shape index (κ3) is 2.37. The Hall–Kier alpha value is -0.770. The van der Waals surface area contributed by atoms with Gasteiger partial charge >= 0.3 is 6.03 Å². The predicted octanol–water partition coefficient (Wildman–Crippen LogP) is 0.139. The molecule has 0 radical (unpaired) electrons. The molecular weight excluding hydrogens is 154 g/mol. The summed E-state index contributed by atoms with van der Waals surface area (Å²) >= 11 is 0. The zero-order chi connectivity index (χ0) is 8.97. The molecule has 70 valence electrons. The number of likely N-dealkylation sites (tertiary alicyclic amines) is 1. The summed E-state index contributed by atoms with van der Waals surface area (Å²) in [6.45, 7) is 1.57. The average Bonchev–Trinajstić information content (AvgIpc) is 2.28. The van der Waals surface area contributed by atoms with Crippen molar-refractivity contribution in [2.45, 2.75) is 25.3 Å². The molecular formula is C8H17N3O. The van der Waals surface area contributed by atoms with Gasteiger partial charge in [0.2, 0.25) is 0 Å². The van der Waals surface area contributed by atoms with Crippen LogP contribution in [0.15, 0.2) is 0 Å². The maximum Gasteiger partial charge on any atom is 0.314 e. The number of likely N-dealkylation sites (N-methyl/N-ethyl adjacent to an activating group) is 1. The second-order valence-corrected chi connectivity index (χ2v) is 3.27. The summed E-state index contributed by atoms with van der Waals surface area (Å²) in [5.74, 6) is 0. The van der Waals surface area contributed by atoms with Gasteiger partial charge in [-0.2, -0.15) is 0 Å². The Morgan fingerprint density at radius 1 is 1.58 bits per heavy atom. The van der Waals surface area contributed by atoms with Crippen LogP contribution in [0.3, 0.4) is 0 Å². The zero-order valence-corrected chi connectivity index (χ0v) is 7.55. The molecule has 12 heavy (non-hydrogen) atoms. The molecule has 0 aromatic heterocycles. The molecule has 0 aromatic rings. The van der Waals surface area contributed by atoms with Crippen LogP contribution < -0.4 is 11.1 Å². The van der Waals surface area contributed by atoms with E-state index in [1.165, 1.54) is 6.42 Å². The molecule has 1 aliphatic rings. The van der Waals surface area contributed by atoms with Crippen molar-refractivity contribution in [2.24, 2.45) is 5.73 Å². The molecule has 0 aliphatic carbocycles. The highest BCUT2D eigenvalue weighted by Crippen LogP contribution is 2.09. The van der Waals surface area contributed by atoms with Gasteiger partial charge < -0.3 is 16.0 Å². The number of primary amides is 1. The third-order valence-corrected chi connectivity index (χ3v) is 2.39. The highest BCUT2D eigenvalue weighted by Gasteiger charge is 2.18. The van der Waals surface area contributed by atoms with Crippen molar-refractivity contribution in [3.8, 4) is 0 Å². The highest BCUT2D eigenvalue weighted by molar-refractivity contribution is 5.72. The van der Waals surface area contributed by atoms with Crippen LogP contribution >= 0.6 is 0 Å². The van der Waals surface area contributed by atoms with Crippen molar-refractivity contribution < 1.29 is 4.79 Å². The van der Waals surface area contributed by atoms with Crippen LogP contribution in [0.5, 0.6) is 0 Å². The number of nitrogens with two attached hydrogens (primary N) is 1. The van der Waals surface area contributed by atoms with Crippen LogP contribution in [-0.2, 0) is 0 Å². The number of nitrogens with one attached hydrogen (secondary N) is 1. The number of nitrogens with zero attached hydrogens (tertiary/aromatic N) is 1. The van der Waals surface area contributed by atoms with Crippen molar-refractivity contribution in [3.63, 3.8) is 0 Å². The van der Waals surface area contributed by atoms with E-state index in [1.54, 1.807) is 4.90 Å². The Labute approximate surface area is 73.1 Å².